The van der Waals surface area contributed by atoms with Crippen LogP contribution in [0.1, 0.15) is 12.6 Å². The molecule has 3 heterocycles. The average molecular weight is 412 g/mol. The van der Waals surface area contributed by atoms with E-state index in [4.69, 9.17) is 16.3 Å². The lowest BCUT2D eigenvalue weighted by atomic mass is 10.0. The smallest absolute Gasteiger partial charge is 0.280 e. The molecule has 0 atom stereocenters. The molecule has 0 aliphatic carbocycles. The van der Waals surface area contributed by atoms with Crippen molar-refractivity contribution in [2.45, 2.75) is 13.3 Å². The lowest BCUT2D eigenvalue weighted by Gasteiger charge is -2.09. The van der Waals surface area contributed by atoms with Crippen LogP contribution in [-0.2, 0) is 16.0 Å². The van der Waals surface area contributed by atoms with Crippen molar-refractivity contribution in [1.82, 2.24) is 19.3 Å². The van der Waals surface area contributed by atoms with Crippen molar-refractivity contribution in [1.29, 1.82) is 0 Å². The molecule has 0 saturated carbocycles. The third-order valence-electron chi connectivity index (χ3n) is 4.57. The van der Waals surface area contributed by atoms with E-state index in [-0.39, 0.29) is 6.61 Å². The fourth-order valence-electron chi connectivity index (χ4n) is 3.26. The molecule has 0 aliphatic heterocycles. The van der Waals surface area contributed by atoms with Crippen LogP contribution < -0.4 is 11.0 Å². The maximum absolute atomic E-state index is 12.8. The number of methoxy groups -OCH3 is 1. The Labute approximate surface area is 170 Å². The second kappa shape index (κ2) is 7.65. The van der Waals surface area contributed by atoms with Gasteiger partial charge in [0.05, 0.1) is 16.6 Å². The van der Waals surface area contributed by atoms with Crippen LogP contribution >= 0.6 is 11.6 Å². The molecule has 0 spiro atoms. The third-order valence-corrected chi connectivity index (χ3v) is 4.82. The van der Waals surface area contributed by atoms with Crippen molar-refractivity contribution < 1.29 is 9.53 Å². The minimum absolute atomic E-state index is 0.148. The molecule has 148 valence electrons. The van der Waals surface area contributed by atoms with Gasteiger partial charge >= 0.3 is 0 Å². The Hall–Kier alpha value is -3.23. The number of hydrogen-bond acceptors (Lipinski definition) is 5. The highest BCUT2D eigenvalue weighted by Gasteiger charge is 2.18. The zero-order chi connectivity index (χ0) is 20.5. The number of nitrogens with one attached hydrogen (secondary N) is 1. The van der Waals surface area contributed by atoms with Gasteiger partial charge in [-0.3, -0.25) is 15.0 Å². The topological polar surface area (TPSA) is 90.5 Å². The molecule has 9 heteroatoms. The van der Waals surface area contributed by atoms with Crippen LogP contribution in [0, 0.1) is 0 Å². The molecule has 0 radical (unpaired) electrons. The Balaban J connectivity index is 1.90. The molecule has 0 saturated heterocycles. The van der Waals surface area contributed by atoms with Gasteiger partial charge in [-0.1, -0.05) is 30.7 Å². The van der Waals surface area contributed by atoms with Crippen molar-refractivity contribution >= 4 is 34.1 Å². The summed E-state index contributed by atoms with van der Waals surface area (Å²) in [5.74, 6) is -0.430. The predicted octanol–water partition coefficient (Wildman–Crippen LogP) is 2.64. The number of amides is 1. The number of aromatic nitrogens is 4. The molecule has 0 unspecified atom stereocenters. The highest BCUT2D eigenvalue weighted by molar-refractivity contribution is 6.30. The maximum Gasteiger partial charge on any atom is 0.280 e. The summed E-state index contributed by atoms with van der Waals surface area (Å²) in [6.07, 6.45) is 3.70. The van der Waals surface area contributed by atoms with Gasteiger partial charge < -0.3 is 4.74 Å². The largest absolute Gasteiger partial charge is 0.375 e. The van der Waals surface area contributed by atoms with Crippen LogP contribution in [0.5, 0.6) is 0 Å². The molecule has 1 N–H and O–H groups in total. The lowest BCUT2D eigenvalue weighted by Crippen LogP contribution is -2.34. The van der Waals surface area contributed by atoms with E-state index in [1.165, 1.54) is 19.5 Å². The average Bonchev–Trinajstić information content (AvgIpc) is 3.10. The minimum atomic E-state index is -0.430. The van der Waals surface area contributed by atoms with Gasteiger partial charge in [-0.15, -0.1) is 0 Å². The number of benzene rings is 1. The SMILES string of the molecule is CCc1nn2c(ncc3c(=O)n(NC(=O)COC)ccc32)c1-c1ccc(Cl)cc1. The first-order valence-electron chi connectivity index (χ1n) is 9.00. The summed E-state index contributed by atoms with van der Waals surface area (Å²) >= 11 is 6.02. The quantitative estimate of drug-likeness (QED) is 0.545. The summed E-state index contributed by atoms with van der Waals surface area (Å²) in [5, 5.41) is 5.67. The number of ether oxygens (including phenoxy) is 1. The number of hydrogen-bond donors (Lipinski definition) is 1. The third kappa shape index (κ3) is 3.37. The Bertz CT molecular complexity index is 1280. The number of halogens is 1. The number of carbonyl (C=O) groups is 1. The van der Waals surface area contributed by atoms with E-state index in [2.05, 4.69) is 15.5 Å². The van der Waals surface area contributed by atoms with E-state index < -0.39 is 11.5 Å². The van der Waals surface area contributed by atoms with E-state index in [0.717, 1.165) is 21.5 Å². The van der Waals surface area contributed by atoms with Crippen LogP contribution in [0.2, 0.25) is 5.02 Å². The molecule has 4 rings (SSSR count). The van der Waals surface area contributed by atoms with E-state index in [9.17, 15) is 9.59 Å². The summed E-state index contributed by atoms with van der Waals surface area (Å²) in [7, 11) is 1.41. The summed E-state index contributed by atoms with van der Waals surface area (Å²) in [4.78, 5) is 29.0. The molecule has 29 heavy (non-hydrogen) atoms. The van der Waals surface area contributed by atoms with Crippen LogP contribution in [0.4, 0.5) is 0 Å². The molecular formula is C20H18ClN5O3. The van der Waals surface area contributed by atoms with Gasteiger partial charge in [-0.2, -0.15) is 5.10 Å². The van der Waals surface area contributed by atoms with Crippen LogP contribution in [0.3, 0.4) is 0 Å². The first kappa shape index (κ1) is 19.1. The first-order chi connectivity index (χ1) is 14.0. The molecule has 3 aromatic heterocycles. The highest BCUT2D eigenvalue weighted by Crippen LogP contribution is 2.30. The van der Waals surface area contributed by atoms with Gasteiger partial charge in [0.1, 0.15) is 6.61 Å². The van der Waals surface area contributed by atoms with Crippen molar-refractivity contribution in [2.24, 2.45) is 0 Å². The minimum Gasteiger partial charge on any atom is -0.375 e. The monoisotopic (exact) mass is 411 g/mol. The van der Waals surface area contributed by atoms with Gasteiger partial charge in [0, 0.05) is 30.1 Å². The Morgan fingerprint density at radius 3 is 2.69 bits per heavy atom. The van der Waals surface area contributed by atoms with Crippen molar-refractivity contribution in [2.75, 3.05) is 19.1 Å². The highest BCUT2D eigenvalue weighted by atomic mass is 35.5. The number of rotatable bonds is 5. The van der Waals surface area contributed by atoms with Gasteiger partial charge in [0.15, 0.2) is 5.65 Å². The molecule has 1 amide bonds. The number of carbonyl (C=O) groups excluding carboxylic acids is 1. The molecule has 0 bridgehead atoms. The summed E-state index contributed by atoms with van der Waals surface area (Å²) in [6.45, 7) is 1.87. The molecule has 4 aromatic rings. The van der Waals surface area contributed by atoms with Gasteiger partial charge in [0.25, 0.3) is 11.5 Å². The maximum atomic E-state index is 12.8. The molecule has 0 fully saturated rings. The Morgan fingerprint density at radius 1 is 1.24 bits per heavy atom. The summed E-state index contributed by atoms with van der Waals surface area (Å²) in [6, 6.07) is 9.21. The van der Waals surface area contributed by atoms with Crippen molar-refractivity contribution in [3.63, 3.8) is 0 Å². The summed E-state index contributed by atoms with van der Waals surface area (Å²) in [5.41, 5.74) is 6.06. The van der Waals surface area contributed by atoms with Gasteiger partial charge in [-0.25, -0.2) is 14.2 Å². The van der Waals surface area contributed by atoms with Gasteiger partial charge in [-0.05, 0) is 30.2 Å². The second-order valence-corrected chi connectivity index (χ2v) is 6.87. The lowest BCUT2D eigenvalue weighted by molar-refractivity contribution is -0.120. The standard InChI is InChI=1S/C20H18ClN5O3/c1-3-15-18(12-4-6-13(21)7-5-12)19-22-10-14-16(26(19)23-15)8-9-25(20(14)28)24-17(27)11-29-2/h4-10H,3,11H2,1-2H3,(H,24,27). The van der Waals surface area contributed by atoms with Crippen LogP contribution in [0.15, 0.2) is 47.5 Å². The second-order valence-electron chi connectivity index (χ2n) is 6.43. The number of fused-ring (bicyclic) bond motifs is 3. The number of pyridine rings is 1. The van der Waals surface area contributed by atoms with Crippen LogP contribution in [0.25, 0.3) is 27.7 Å². The Morgan fingerprint density at radius 2 is 2.00 bits per heavy atom. The van der Waals surface area contributed by atoms with Crippen LogP contribution in [-0.4, -0.2) is 38.9 Å². The van der Waals surface area contributed by atoms with E-state index >= 15 is 0 Å². The normalized spacial score (nSPS) is 11.3. The van der Waals surface area contributed by atoms with E-state index in [1.54, 1.807) is 10.6 Å². The van der Waals surface area contributed by atoms with Crippen molar-refractivity contribution in [3.05, 3.63) is 63.8 Å². The zero-order valence-corrected chi connectivity index (χ0v) is 16.6. The first-order valence-corrected chi connectivity index (χ1v) is 9.38. The number of aryl methyl sites for hydroxylation is 1. The molecule has 1 aromatic carbocycles. The fraction of sp³-hybridized carbons (Fsp3) is 0.200. The fourth-order valence-corrected chi connectivity index (χ4v) is 3.39. The van der Waals surface area contributed by atoms with E-state index in [1.807, 2.05) is 31.2 Å². The van der Waals surface area contributed by atoms with Gasteiger partial charge in [0.2, 0.25) is 0 Å². The van der Waals surface area contributed by atoms with Crippen molar-refractivity contribution in [3.8, 4) is 11.1 Å². The predicted molar refractivity (Wildman–Crippen MR) is 111 cm³/mol. The van der Waals surface area contributed by atoms with E-state index in [0.29, 0.717) is 28.0 Å². The molecular weight excluding hydrogens is 394 g/mol. The zero-order valence-electron chi connectivity index (χ0n) is 15.8. The number of nitrogens with zero attached hydrogens (tertiary/aromatic N) is 4. The molecule has 0 aliphatic rings. The summed E-state index contributed by atoms with van der Waals surface area (Å²) < 4.78 is 7.56. The molecule has 8 nitrogen and oxygen atoms in total. The Kier molecular flexibility index (Phi) is 5.04.